The van der Waals surface area contributed by atoms with Crippen molar-refractivity contribution < 1.29 is 20.8 Å². The molecule has 1 saturated carbocycles. The molecule has 2 aliphatic rings. The molecule has 1 aliphatic carbocycles. The summed E-state index contributed by atoms with van der Waals surface area (Å²) in [5.74, 6) is 0.751. The molecule has 0 amide bonds. The molecule has 1 atom stereocenters. The quantitative estimate of drug-likeness (QED) is 0.589. The molecular weight excluding hydrogens is 222 g/mol. The molecule has 14 heavy (non-hydrogen) atoms. The molecule has 0 aromatic carbocycles. The van der Waals surface area contributed by atoms with E-state index in [1.165, 1.54) is 25.7 Å². The fourth-order valence-electron chi connectivity index (χ4n) is 2.35. The van der Waals surface area contributed by atoms with Crippen molar-refractivity contribution in [3.63, 3.8) is 0 Å². The van der Waals surface area contributed by atoms with Gasteiger partial charge in [-0.2, -0.15) is 0 Å². The lowest BCUT2D eigenvalue weighted by Gasteiger charge is -2.16. The highest BCUT2D eigenvalue weighted by molar-refractivity contribution is 7.91. The van der Waals surface area contributed by atoms with Crippen LogP contribution in [0.1, 0.15) is 32.1 Å². The smallest absolute Gasteiger partial charge is 0.151 e. The summed E-state index contributed by atoms with van der Waals surface area (Å²) in [6, 6.07) is 0.839. The van der Waals surface area contributed by atoms with E-state index in [1.807, 2.05) is 0 Å². The third-order valence-corrected chi connectivity index (χ3v) is 4.83. The van der Waals surface area contributed by atoms with Crippen molar-refractivity contribution in [1.29, 1.82) is 0 Å². The number of rotatable bonds is 2. The largest absolute Gasteiger partial charge is 1.00 e. The molecular formula is C9H17ClNO2S-. The van der Waals surface area contributed by atoms with Gasteiger partial charge in [0.15, 0.2) is 9.84 Å². The molecule has 3 nitrogen and oxygen atoms in total. The number of hydrogen-bond acceptors (Lipinski definition) is 3. The molecule has 0 aromatic heterocycles. The van der Waals surface area contributed by atoms with Crippen LogP contribution in [-0.2, 0) is 9.84 Å². The van der Waals surface area contributed by atoms with Crippen LogP contribution in [0.4, 0.5) is 0 Å². The third-order valence-electron chi connectivity index (χ3n) is 3.06. The first-order valence-corrected chi connectivity index (χ1v) is 6.94. The highest BCUT2D eigenvalue weighted by Crippen LogP contribution is 2.20. The van der Waals surface area contributed by atoms with Gasteiger partial charge in [0.1, 0.15) is 0 Å². The summed E-state index contributed by atoms with van der Waals surface area (Å²) in [7, 11) is -2.70. The van der Waals surface area contributed by atoms with Gasteiger partial charge in [0, 0.05) is 12.1 Å². The average Bonchev–Trinajstić information content (AvgIpc) is 2.61. The van der Waals surface area contributed by atoms with E-state index in [2.05, 4.69) is 5.32 Å². The fraction of sp³-hybridized carbons (Fsp3) is 1.00. The molecule has 0 radical (unpaired) electrons. The van der Waals surface area contributed by atoms with E-state index >= 15 is 0 Å². The number of hydrogen-bond donors (Lipinski definition) is 1. The van der Waals surface area contributed by atoms with Gasteiger partial charge in [0.25, 0.3) is 0 Å². The van der Waals surface area contributed by atoms with Crippen molar-refractivity contribution in [3.8, 4) is 0 Å². The van der Waals surface area contributed by atoms with E-state index < -0.39 is 9.84 Å². The van der Waals surface area contributed by atoms with Crippen molar-refractivity contribution in [2.24, 2.45) is 0 Å². The Labute approximate surface area is 92.0 Å². The van der Waals surface area contributed by atoms with Crippen molar-refractivity contribution in [3.05, 3.63) is 0 Å². The van der Waals surface area contributed by atoms with E-state index in [4.69, 9.17) is 0 Å². The molecule has 1 unspecified atom stereocenters. The van der Waals surface area contributed by atoms with Gasteiger partial charge in [-0.15, -0.1) is 0 Å². The second kappa shape index (κ2) is 4.81. The van der Waals surface area contributed by atoms with Crippen LogP contribution in [0.2, 0.25) is 0 Å². The molecule has 1 N–H and O–H groups in total. The van der Waals surface area contributed by atoms with Gasteiger partial charge in [0.2, 0.25) is 0 Å². The highest BCUT2D eigenvalue weighted by Gasteiger charge is 2.29. The zero-order valence-corrected chi connectivity index (χ0v) is 9.78. The zero-order chi connectivity index (χ0) is 9.31. The first-order chi connectivity index (χ1) is 6.16. The van der Waals surface area contributed by atoms with Crippen molar-refractivity contribution in [2.45, 2.75) is 44.2 Å². The minimum Gasteiger partial charge on any atom is -1.00 e. The molecule has 0 bridgehead atoms. The number of sulfone groups is 1. The zero-order valence-electron chi connectivity index (χ0n) is 8.21. The summed E-state index contributed by atoms with van der Waals surface area (Å²) in [6.45, 7) is 0. The second-order valence-corrected chi connectivity index (χ2v) is 6.48. The maximum atomic E-state index is 11.2. The predicted molar refractivity (Wildman–Crippen MR) is 52.5 cm³/mol. The minimum atomic E-state index is -2.70. The molecule has 2 fully saturated rings. The van der Waals surface area contributed by atoms with E-state index in [0.717, 1.165) is 6.42 Å². The van der Waals surface area contributed by atoms with Crippen LogP contribution in [0.15, 0.2) is 0 Å². The summed E-state index contributed by atoms with van der Waals surface area (Å²) in [4.78, 5) is 0. The molecule has 0 spiro atoms. The minimum absolute atomic E-state index is 0. The standard InChI is InChI=1S/C9H17NO2S.ClH/c11-13(12)6-5-9(7-13)10-8-3-1-2-4-8;/h8-10H,1-7H2;1H/p-1. The van der Waals surface area contributed by atoms with Gasteiger partial charge < -0.3 is 17.7 Å². The molecule has 0 aromatic rings. The lowest BCUT2D eigenvalue weighted by atomic mass is 10.2. The molecule has 1 saturated heterocycles. The SMILES string of the molecule is O=S1(=O)CCC(NC2CCCC2)C1.[Cl-]. The summed E-state index contributed by atoms with van der Waals surface area (Å²) < 4.78 is 22.3. The van der Waals surface area contributed by atoms with Crippen LogP contribution in [-0.4, -0.2) is 32.0 Å². The maximum absolute atomic E-state index is 11.2. The number of halogens is 1. The van der Waals surface area contributed by atoms with E-state index in [9.17, 15) is 8.42 Å². The van der Waals surface area contributed by atoms with Crippen LogP contribution in [0.25, 0.3) is 0 Å². The van der Waals surface area contributed by atoms with E-state index in [1.54, 1.807) is 0 Å². The van der Waals surface area contributed by atoms with Crippen LogP contribution < -0.4 is 17.7 Å². The topological polar surface area (TPSA) is 46.2 Å². The van der Waals surface area contributed by atoms with E-state index in [-0.39, 0.29) is 18.4 Å². The second-order valence-electron chi connectivity index (χ2n) is 4.25. The molecule has 2 rings (SSSR count). The van der Waals surface area contributed by atoms with Gasteiger partial charge in [-0.1, -0.05) is 12.8 Å². The Balaban J connectivity index is 0.000000980. The number of nitrogens with one attached hydrogen (secondary N) is 1. The lowest BCUT2D eigenvalue weighted by molar-refractivity contribution is -0.00000539. The summed E-state index contributed by atoms with van der Waals surface area (Å²) in [6.07, 6.45) is 5.89. The van der Waals surface area contributed by atoms with Crippen LogP contribution in [0.3, 0.4) is 0 Å². The Bertz CT molecular complexity index is 273. The van der Waals surface area contributed by atoms with Crippen molar-refractivity contribution in [1.82, 2.24) is 5.32 Å². The molecule has 5 heteroatoms. The Morgan fingerprint density at radius 2 is 1.64 bits per heavy atom. The molecule has 84 valence electrons. The average molecular weight is 239 g/mol. The van der Waals surface area contributed by atoms with Gasteiger partial charge in [-0.3, -0.25) is 0 Å². The lowest BCUT2D eigenvalue weighted by Crippen LogP contribution is -3.00. The summed E-state index contributed by atoms with van der Waals surface area (Å²) in [5, 5.41) is 3.45. The maximum Gasteiger partial charge on any atom is 0.151 e. The normalized spacial score (nSPS) is 31.6. The van der Waals surface area contributed by atoms with Crippen molar-refractivity contribution >= 4 is 9.84 Å². The Kier molecular flexibility index (Phi) is 4.22. The van der Waals surface area contributed by atoms with Crippen LogP contribution >= 0.6 is 0 Å². The predicted octanol–water partition coefficient (Wildman–Crippen LogP) is -2.29. The van der Waals surface area contributed by atoms with Gasteiger partial charge >= 0.3 is 0 Å². The fourth-order valence-corrected chi connectivity index (χ4v) is 4.04. The first kappa shape index (κ1) is 12.3. The summed E-state index contributed by atoms with van der Waals surface area (Å²) >= 11 is 0. The van der Waals surface area contributed by atoms with Crippen LogP contribution in [0.5, 0.6) is 0 Å². The molecule has 1 aliphatic heterocycles. The third kappa shape index (κ3) is 3.11. The Morgan fingerprint density at radius 3 is 2.14 bits per heavy atom. The molecule has 1 heterocycles. The Hall–Kier alpha value is 0.200. The first-order valence-electron chi connectivity index (χ1n) is 5.12. The van der Waals surface area contributed by atoms with Crippen molar-refractivity contribution in [2.75, 3.05) is 11.5 Å². The monoisotopic (exact) mass is 238 g/mol. The van der Waals surface area contributed by atoms with E-state index in [0.29, 0.717) is 17.5 Å². The van der Waals surface area contributed by atoms with Gasteiger partial charge in [0.05, 0.1) is 11.5 Å². The summed E-state index contributed by atoms with van der Waals surface area (Å²) in [5.41, 5.74) is 0. The Morgan fingerprint density at radius 1 is 1.00 bits per heavy atom. The van der Waals surface area contributed by atoms with Gasteiger partial charge in [-0.25, -0.2) is 8.42 Å². The van der Waals surface area contributed by atoms with Crippen LogP contribution in [0, 0.1) is 0 Å². The van der Waals surface area contributed by atoms with Gasteiger partial charge in [-0.05, 0) is 19.3 Å². The highest BCUT2D eigenvalue weighted by atomic mass is 35.5.